The van der Waals surface area contributed by atoms with Crippen molar-refractivity contribution in [2.24, 2.45) is 5.92 Å². The molecule has 2 bridgehead atoms. The molecule has 0 aromatic rings. The smallest absolute Gasteiger partial charge is 0.136 e. The van der Waals surface area contributed by atoms with Crippen molar-refractivity contribution in [3.8, 4) is 0 Å². The summed E-state index contributed by atoms with van der Waals surface area (Å²) >= 11 is 0. The van der Waals surface area contributed by atoms with Crippen molar-refractivity contribution in [2.75, 3.05) is 0 Å². The number of hydrogen-bond acceptors (Lipinski definition) is 1. The van der Waals surface area contributed by atoms with E-state index in [9.17, 15) is 4.79 Å². The number of allylic oxidation sites excluding steroid dienone is 2. The zero-order valence-electron chi connectivity index (χ0n) is 7.73. The van der Waals surface area contributed by atoms with Crippen LogP contribution in [-0.2, 0) is 4.79 Å². The first kappa shape index (κ1) is 8.03. The lowest BCUT2D eigenvalue weighted by Gasteiger charge is -2.21. The van der Waals surface area contributed by atoms with Crippen molar-refractivity contribution in [2.45, 2.75) is 45.4 Å². The van der Waals surface area contributed by atoms with Gasteiger partial charge in [-0.1, -0.05) is 11.1 Å². The molecular formula is C11H16O. The fraction of sp³-hybridized carbons (Fsp3) is 0.727. The Labute approximate surface area is 73.8 Å². The third-order valence-electron chi connectivity index (χ3n) is 3.32. The van der Waals surface area contributed by atoms with E-state index in [1.807, 2.05) is 0 Å². The molecule has 2 rings (SSSR count). The third kappa shape index (κ3) is 1.33. The molecule has 1 atom stereocenters. The van der Waals surface area contributed by atoms with Gasteiger partial charge < -0.3 is 0 Å². The van der Waals surface area contributed by atoms with Crippen molar-refractivity contribution in [3.05, 3.63) is 11.1 Å². The molecule has 1 nitrogen and oxygen atoms in total. The second-order valence-electron chi connectivity index (χ2n) is 4.14. The number of hydrogen-bond donors (Lipinski definition) is 0. The number of carbonyl (C=O) groups excluding carboxylic acids is 1. The summed E-state index contributed by atoms with van der Waals surface area (Å²) < 4.78 is 0. The zero-order chi connectivity index (χ0) is 8.55. The zero-order valence-corrected chi connectivity index (χ0v) is 7.73. The SMILES string of the molecule is CC1=C2CCCC(=O)[C@@H](CC1)C2. The molecule has 0 aromatic heterocycles. The molecule has 12 heavy (non-hydrogen) atoms. The summed E-state index contributed by atoms with van der Waals surface area (Å²) in [7, 11) is 0. The van der Waals surface area contributed by atoms with Crippen LogP contribution in [0.15, 0.2) is 11.1 Å². The lowest BCUT2D eigenvalue weighted by atomic mass is 9.83. The van der Waals surface area contributed by atoms with E-state index >= 15 is 0 Å². The van der Waals surface area contributed by atoms with Crippen molar-refractivity contribution < 1.29 is 4.79 Å². The molecule has 1 saturated carbocycles. The molecule has 1 fully saturated rings. The number of carbonyl (C=O) groups is 1. The van der Waals surface area contributed by atoms with Crippen LogP contribution in [0.4, 0.5) is 0 Å². The summed E-state index contributed by atoms with van der Waals surface area (Å²) in [6.07, 6.45) is 6.50. The van der Waals surface area contributed by atoms with E-state index < -0.39 is 0 Å². The van der Waals surface area contributed by atoms with Crippen molar-refractivity contribution >= 4 is 5.78 Å². The molecule has 0 amide bonds. The Kier molecular flexibility index (Phi) is 2.03. The van der Waals surface area contributed by atoms with Crippen molar-refractivity contribution in [1.82, 2.24) is 0 Å². The van der Waals surface area contributed by atoms with Gasteiger partial charge in [0.1, 0.15) is 5.78 Å². The van der Waals surface area contributed by atoms with Crippen LogP contribution in [0, 0.1) is 5.92 Å². The standard InChI is InChI=1S/C11H16O/c1-8-5-6-10-7-9(8)3-2-4-11(10)12/h10H,2-7H2,1H3/t10-/m0/s1. The molecule has 66 valence electrons. The maximum absolute atomic E-state index is 11.5. The highest BCUT2D eigenvalue weighted by Crippen LogP contribution is 2.36. The highest BCUT2D eigenvalue weighted by atomic mass is 16.1. The molecule has 0 unspecified atom stereocenters. The molecule has 0 radical (unpaired) electrons. The summed E-state index contributed by atoms with van der Waals surface area (Å²) in [5.41, 5.74) is 3.16. The lowest BCUT2D eigenvalue weighted by molar-refractivity contribution is -0.122. The Hall–Kier alpha value is -0.590. The second kappa shape index (κ2) is 3.04. The second-order valence-corrected chi connectivity index (χ2v) is 4.14. The topological polar surface area (TPSA) is 17.1 Å². The third-order valence-corrected chi connectivity index (χ3v) is 3.32. The summed E-state index contributed by atoms with van der Waals surface area (Å²) in [5, 5.41) is 0. The van der Waals surface area contributed by atoms with E-state index in [0.717, 1.165) is 25.7 Å². The summed E-state index contributed by atoms with van der Waals surface area (Å²) in [4.78, 5) is 11.5. The van der Waals surface area contributed by atoms with Gasteiger partial charge in [-0.3, -0.25) is 4.79 Å². The maximum Gasteiger partial charge on any atom is 0.136 e. The first-order chi connectivity index (χ1) is 5.77. The normalized spacial score (nSPS) is 30.4. The Bertz CT molecular complexity index is 237. The summed E-state index contributed by atoms with van der Waals surface area (Å²) in [6, 6.07) is 0. The van der Waals surface area contributed by atoms with Crippen LogP contribution in [0.2, 0.25) is 0 Å². The van der Waals surface area contributed by atoms with E-state index in [0.29, 0.717) is 11.7 Å². The molecular weight excluding hydrogens is 148 g/mol. The predicted octanol–water partition coefficient (Wildman–Crippen LogP) is 2.86. The minimum atomic E-state index is 0.395. The van der Waals surface area contributed by atoms with Crippen molar-refractivity contribution in [1.29, 1.82) is 0 Å². The fourth-order valence-corrected chi connectivity index (χ4v) is 2.41. The fourth-order valence-electron chi connectivity index (χ4n) is 2.41. The largest absolute Gasteiger partial charge is 0.299 e. The van der Waals surface area contributed by atoms with E-state index in [-0.39, 0.29) is 0 Å². The van der Waals surface area contributed by atoms with Crippen LogP contribution in [-0.4, -0.2) is 5.78 Å². The molecule has 1 heteroatoms. The molecule has 2 aliphatic carbocycles. The highest BCUT2D eigenvalue weighted by molar-refractivity contribution is 5.82. The van der Waals surface area contributed by atoms with E-state index in [2.05, 4.69) is 6.92 Å². The van der Waals surface area contributed by atoms with Gasteiger partial charge in [0.2, 0.25) is 0 Å². The average Bonchev–Trinajstić information content (AvgIpc) is 2.21. The van der Waals surface area contributed by atoms with Crippen LogP contribution in [0.3, 0.4) is 0 Å². The summed E-state index contributed by atoms with van der Waals surface area (Å²) in [5.74, 6) is 0.920. The Morgan fingerprint density at radius 1 is 1.25 bits per heavy atom. The van der Waals surface area contributed by atoms with E-state index in [1.165, 1.54) is 12.8 Å². The Balaban J connectivity index is 2.24. The van der Waals surface area contributed by atoms with Crippen LogP contribution in [0.1, 0.15) is 45.4 Å². The highest BCUT2D eigenvalue weighted by Gasteiger charge is 2.26. The van der Waals surface area contributed by atoms with Gasteiger partial charge in [0.25, 0.3) is 0 Å². The quantitative estimate of drug-likeness (QED) is 0.503. The molecule has 0 N–H and O–H groups in total. The lowest BCUT2D eigenvalue weighted by Crippen LogP contribution is -2.16. The van der Waals surface area contributed by atoms with Gasteiger partial charge in [0.15, 0.2) is 0 Å². The monoisotopic (exact) mass is 164 g/mol. The van der Waals surface area contributed by atoms with Gasteiger partial charge >= 0.3 is 0 Å². The van der Waals surface area contributed by atoms with Crippen LogP contribution in [0.25, 0.3) is 0 Å². The molecule has 0 spiro atoms. The number of fused-ring (bicyclic) bond motifs is 2. The molecule has 0 heterocycles. The number of ketones is 1. The number of rotatable bonds is 0. The van der Waals surface area contributed by atoms with Gasteiger partial charge in [0.05, 0.1) is 0 Å². The van der Waals surface area contributed by atoms with Crippen LogP contribution < -0.4 is 0 Å². The van der Waals surface area contributed by atoms with Gasteiger partial charge in [-0.05, 0) is 39.0 Å². The predicted molar refractivity (Wildman–Crippen MR) is 48.9 cm³/mol. The number of Topliss-reactive ketones (excluding diaryl/α,β-unsaturated/α-hetero) is 1. The summed E-state index contributed by atoms with van der Waals surface area (Å²) in [6.45, 7) is 2.24. The molecule has 0 aromatic carbocycles. The van der Waals surface area contributed by atoms with Crippen molar-refractivity contribution in [3.63, 3.8) is 0 Å². The Morgan fingerprint density at radius 2 is 2.08 bits per heavy atom. The first-order valence-corrected chi connectivity index (χ1v) is 4.97. The molecule has 2 aliphatic rings. The van der Waals surface area contributed by atoms with Gasteiger partial charge in [-0.2, -0.15) is 0 Å². The van der Waals surface area contributed by atoms with Crippen LogP contribution in [0.5, 0.6) is 0 Å². The first-order valence-electron chi connectivity index (χ1n) is 4.97. The maximum atomic E-state index is 11.5. The molecule has 0 saturated heterocycles. The Morgan fingerprint density at radius 3 is 2.92 bits per heavy atom. The van der Waals surface area contributed by atoms with E-state index in [4.69, 9.17) is 0 Å². The average molecular weight is 164 g/mol. The molecule has 0 aliphatic heterocycles. The minimum Gasteiger partial charge on any atom is -0.299 e. The van der Waals surface area contributed by atoms with Gasteiger partial charge in [-0.25, -0.2) is 0 Å². The van der Waals surface area contributed by atoms with Crippen LogP contribution >= 0.6 is 0 Å². The minimum absolute atomic E-state index is 0.395. The van der Waals surface area contributed by atoms with Gasteiger partial charge in [0, 0.05) is 12.3 Å². The van der Waals surface area contributed by atoms with E-state index in [1.54, 1.807) is 11.1 Å². The van der Waals surface area contributed by atoms with Gasteiger partial charge in [-0.15, -0.1) is 0 Å².